The number of alkyl halides is 1. The van der Waals surface area contributed by atoms with E-state index in [1.807, 2.05) is 25.4 Å². The average Bonchev–Trinajstić information content (AvgIpc) is 3.07. The van der Waals surface area contributed by atoms with Crippen molar-refractivity contribution in [3.05, 3.63) is 60.7 Å². The number of nitrogens with zero attached hydrogens (tertiary/aromatic N) is 5. The molecule has 7 nitrogen and oxygen atoms in total. The molecule has 0 spiro atoms. The molecule has 0 radical (unpaired) electrons. The molecule has 8 heteroatoms. The van der Waals surface area contributed by atoms with Crippen LogP contribution in [-0.2, 0) is 13.7 Å². The van der Waals surface area contributed by atoms with E-state index in [1.54, 1.807) is 35.1 Å². The number of aryl methyl sites for hydroxylation is 1. The van der Waals surface area contributed by atoms with Crippen molar-refractivity contribution in [3.63, 3.8) is 0 Å². The molecule has 0 unspecified atom stereocenters. The number of aromatic nitrogens is 5. The molecule has 0 aliphatic rings. The van der Waals surface area contributed by atoms with Crippen LogP contribution >= 0.6 is 0 Å². The van der Waals surface area contributed by atoms with E-state index in [4.69, 9.17) is 4.74 Å². The summed E-state index contributed by atoms with van der Waals surface area (Å²) in [6, 6.07) is 10.5. The number of pyridine rings is 1. The first-order valence-corrected chi connectivity index (χ1v) is 7.92. The van der Waals surface area contributed by atoms with Gasteiger partial charge in [0.05, 0.1) is 5.52 Å². The highest BCUT2D eigenvalue weighted by molar-refractivity contribution is 5.91. The fourth-order valence-corrected chi connectivity index (χ4v) is 2.53. The van der Waals surface area contributed by atoms with Gasteiger partial charge in [-0.15, -0.1) is 0 Å². The van der Waals surface area contributed by atoms with Crippen LogP contribution in [0, 0.1) is 0 Å². The Balaban J connectivity index is 1.70. The lowest BCUT2D eigenvalue weighted by Crippen LogP contribution is -1.98. The summed E-state index contributed by atoms with van der Waals surface area (Å²) in [6.45, 7) is -0.646. The molecular formula is C18H15FN6O. The van der Waals surface area contributed by atoms with Crippen LogP contribution in [0.25, 0.3) is 10.9 Å². The normalized spacial score (nSPS) is 10.8. The summed E-state index contributed by atoms with van der Waals surface area (Å²) < 4.78 is 20.5. The molecule has 26 heavy (non-hydrogen) atoms. The summed E-state index contributed by atoms with van der Waals surface area (Å²) in [5.41, 5.74) is 1.14. The third-order valence-corrected chi connectivity index (χ3v) is 3.78. The van der Waals surface area contributed by atoms with Gasteiger partial charge in [0.1, 0.15) is 24.6 Å². The number of rotatable bonds is 5. The topological polar surface area (TPSA) is 77.8 Å². The van der Waals surface area contributed by atoms with E-state index in [1.165, 1.54) is 6.33 Å². The molecule has 3 heterocycles. The Labute approximate surface area is 148 Å². The van der Waals surface area contributed by atoms with Crippen molar-refractivity contribution in [1.82, 2.24) is 24.7 Å². The number of benzene rings is 1. The lowest BCUT2D eigenvalue weighted by atomic mass is 10.2. The molecule has 0 saturated heterocycles. The Morgan fingerprint density at radius 2 is 2.08 bits per heavy atom. The van der Waals surface area contributed by atoms with Gasteiger partial charge in [0.2, 0.25) is 5.88 Å². The largest absolute Gasteiger partial charge is 0.439 e. The smallest absolute Gasteiger partial charge is 0.225 e. The van der Waals surface area contributed by atoms with Gasteiger partial charge in [-0.05, 0) is 30.3 Å². The number of hydrogen-bond acceptors (Lipinski definition) is 6. The predicted molar refractivity (Wildman–Crippen MR) is 95.2 cm³/mol. The minimum Gasteiger partial charge on any atom is -0.439 e. The fourth-order valence-electron chi connectivity index (χ4n) is 2.53. The molecule has 0 bridgehead atoms. The summed E-state index contributed by atoms with van der Waals surface area (Å²) in [5, 5.41) is 8.21. The first-order chi connectivity index (χ1) is 12.7. The van der Waals surface area contributed by atoms with E-state index in [0.717, 1.165) is 10.9 Å². The number of fused-ring (bicyclic) bond motifs is 1. The molecule has 0 aliphatic carbocycles. The van der Waals surface area contributed by atoms with E-state index < -0.39 is 6.67 Å². The molecule has 1 aromatic carbocycles. The Morgan fingerprint density at radius 1 is 1.15 bits per heavy atom. The third-order valence-electron chi connectivity index (χ3n) is 3.78. The first kappa shape index (κ1) is 15.9. The lowest BCUT2D eigenvalue weighted by Gasteiger charge is -2.10. The zero-order valence-corrected chi connectivity index (χ0v) is 13.9. The van der Waals surface area contributed by atoms with Crippen molar-refractivity contribution >= 4 is 22.5 Å². The summed E-state index contributed by atoms with van der Waals surface area (Å²) in [4.78, 5) is 12.6. The second-order valence-corrected chi connectivity index (χ2v) is 5.60. The van der Waals surface area contributed by atoms with Crippen molar-refractivity contribution in [2.45, 2.75) is 6.67 Å². The zero-order valence-electron chi connectivity index (χ0n) is 13.9. The van der Waals surface area contributed by atoms with Crippen molar-refractivity contribution in [3.8, 4) is 11.6 Å². The van der Waals surface area contributed by atoms with Crippen LogP contribution in [0.4, 0.5) is 16.0 Å². The van der Waals surface area contributed by atoms with Gasteiger partial charge in [-0.1, -0.05) is 0 Å². The Hall–Kier alpha value is -3.55. The maximum Gasteiger partial charge on any atom is 0.225 e. The van der Waals surface area contributed by atoms with Gasteiger partial charge < -0.3 is 10.1 Å². The second-order valence-electron chi connectivity index (χ2n) is 5.60. The second kappa shape index (κ2) is 6.75. The summed E-state index contributed by atoms with van der Waals surface area (Å²) in [5.74, 6) is 2.03. The summed E-state index contributed by atoms with van der Waals surface area (Å²) in [7, 11) is 1.84. The molecular weight excluding hydrogens is 335 g/mol. The average molecular weight is 350 g/mol. The van der Waals surface area contributed by atoms with E-state index in [0.29, 0.717) is 22.9 Å². The maximum absolute atomic E-state index is 13.1. The summed E-state index contributed by atoms with van der Waals surface area (Å²) in [6.07, 6.45) is 4.88. The molecule has 3 aromatic heterocycles. The third kappa shape index (κ3) is 3.16. The van der Waals surface area contributed by atoms with E-state index >= 15 is 0 Å². The van der Waals surface area contributed by atoms with Crippen LogP contribution in [0.3, 0.4) is 0 Å². The van der Waals surface area contributed by atoms with Gasteiger partial charge in [0.25, 0.3) is 0 Å². The molecule has 4 rings (SSSR count). The van der Waals surface area contributed by atoms with Crippen molar-refractivity contribution < 1.29 is 9.13 Å². The summed E-state index contributed by atoms with van der Waals surface area (Å²) >= 11 is 0. The highest BCUT2D eigenvalue weighted by Gasteiger charge is 2.10. The highest BCUT2D eigenvalue weighted by Crippen LogP contribution is 2.29. The number of anilines is 2. The van der Waals surface area contributed by atoms with Gasteiger partial charge in [0.15, 0.2) is 5.82 Å². The number of halogens is 1. The molecule has 1 N–H and O–H groups in total. The molecule has 0 atom stereocenters. The van der Waals surface area contributed by atoms with Crippen LogP contribution < -0.4 is 10.1 Å². The molecule has 0 amide bonds. The van der Waals surface area contributed by atoms with Gasteiger partial charge >= 0.3 is 0 Å². The van der Waals surface area contributed by atoms with E-state index in [2.05, 4.69) is 25.4 Å². The lowest BCUT2D eigenvalue weighted by molar-refractivity contribution is 0.426. The molecule has 0 saturated carbocycles. The SMILES string of the molecule is Cn1ccc(Nc2ncnc3ccc(Oc4ncccc4CF)cc23)n1. The minimum absolute atomic E-state index is 0.241. The number of ether oxygens (including phenoxy) is 1. The van der Waals surface area contributed by atoms with Crippen LogP contribution in [0.2, 0.25) is 0 Å². The molecule has 130 valence electrons. The van der Waals surface area contributed by atoms with Crippen LogP contribution in [0.1, 0.15) is 5.56 Å². The highest BCUT2D eigenvalue weighted by atomic mass is 19.1. The van der Waals surface area contributed by atoms with Crippen molar-refractivity contribution in [2.24, 2.45) is 7.05 Å². The van der Waals surface area contributed by atoms with E-state index in [-0.39, 0.29) is 5.88 Å². The Bertz CT molecular complexity index is 1060. The quantitative estimate of drug-likeness (QED) is 0.590. The Morgan fingerprint density at radius 3 is 2.88 bits per heavy atom. The minimum atomic E-state index is -0.646. The van der Waals surface area contributed by atoms with E-state index in [9.17, 15) is 4.39 Å². The predicted octanol–water partition coefficient (Wildman–Crippen LogP) is 3.76. The van der Waals surface area contributed by atoms with Gasteiger partial charge in [-0.3, -0.25) is 4.68 Å². The molecule has 0 aliphatic heterocycles. The first-order valence-electron chi connectivity index (χ1n) is 7.92. The number of nitrogens with one attached hydrogen (secondary N) is 1. The molecule has 0 fully saturated rings. The van der Waals surface area contributed by atoms with Crippen LogP contribution in [0.15, 0.2) is 55.1 Å². The Kier molecular flexibility index (Phi) is 4.14. The number of hydrogen-bond donors (Lipinski definition) is 1. The van der Waals surface area contributed by atoms with Gasteiger partial charge in [-0.25, -0.2) is 19.3 Å². The fraction of sp³-hybridized carbons (Fsp3) is 0.111. The zero-order chi connectivity index (χ0) is 17.9. The standard InChI is InChI=1S/C18H15FN6O/c1-25-8-6-16(24-25)23-17-14-9-13(4-5-15(14)21-11-22-17)26-18-12(10-19)3-2-7-20-18/h2-9,11H,10H2,1H3,(H,21,22,23,24). The van der Waals surface area contributed by atoms with Crippen molar-refractivity contribution in [2.75, 3.05) is 5.32 Å². The van der Waals surface area contributed by atoms with Crippen LogP contribution in [0.5, 0.6) is 11.6 Å². The molecule has 4 aromatic rings. The van der Waals surface area contributed by atoms with Crippen molar-refractivity contribution in [1.29, 1.82) is 0 Å². The van der Waals surface area contributed by atoms with Gasteiger partial charge in [0, 0.05) is 36.5 Å². The van der Waals surface area contributed by atoms with Crippen LogP contribution in [-0.4, -0.2) is 24.7 Å². The van der Waals surface area contributed by atoms with Gasteiger partial charge in [-0.2, -0.15) is 5.10 Å². The monoisotopic (exact) mass is 350 g/mol. The maximum atomic E-state index is 13.1.